The van der Waals surface area contributed by atoms with Crippen LogP contribution in [-0.2, 0) is 4.74 Å². The van der Waals surface area contributed by atoms with Crippen molar-refractivity contribution in [1.82, 2.24) is 15.5 Å². The van der Waals surface area contributed by atoms with Crippen LogP contribution in [0.4, 0.5) is 0 Å². The van der Waals surface area contributed by atoms with Gasteiger partial charge >= 0.3 is 0 Å². The second-order valence-corrected chi connectivity index (χ2v) is 6.36. The fraction of sp³-hybridized carbons (Fsp3) is 0.941. The number of hydrogen-bond acceptors (Lipinski definition) is 3. The lowest BCUT2D eigenvalue weighted by molar-refractivity contribution is 0.0992. The van der Waals surface area contributed by atoms with Crippen molar-refractivity contribution in [3.05, 3.63) is 0 Å². The van der Waals surface area contributed by atoms with Crippen LogP contribution in [0.3, 0.4) is 0 Å². The quantitative estimate of drug-likeness (QED) is 0.388. The van der Waals surface area contributed by atoms with E-state index in [0.29, 0.717) is 18.2 Å². The normalized spacial score (nSPS) is 27.6. The molecule has 128 valence electrons. The molecular formula is C17H34N4O. The van der Waals surface area contributed by atoms with Crippen LogP contribution in [0.1, 0.15) is 52.9 Å². The minimum atomic E-state index is 0.400. The summed E-state index contributed by atoms with van der Waals surface area (Å²) in [4.78, 5) is 7.20. The zero-order valence-corrected chi connectivity index (χ0v) is 14.6. The first-order valence-corrected chi connectivity index (χ1v) is 9.19. The van der Waals surface area contributed by atoms with Crippen LogP contribution in [0.5, 0.6) is 0 Å². The number of rotatable bonds is 9. The van der Waals surface area contributed by atoms with Crippen molar-refractivity contribution in [2.75, 3.05) is 32.7 Å². The average molecular weight is 310 g/mol. The van der Waals surface area contributed by atoms with Crippen molar-refractivity contribution in [3.8, 4) is 0 Å². The van der Waals surface area contributed by atoms with Crippen molar-refractivity contribution in [2.45, 2.75) is 71.1 Å². The van der Waals surface area contributed by atoms with E-state index in [1.807, 2.05) is 0 Å². The highest BCUT2D eigenvalue weighted by Crippen LogP contribution is 2.34. The predicted octanol–water partition coefficient (Wildman–Crippen LogP) is 1.98. The largest absolute Gasteiger partial charge is 0.373 e. The smallest absolute Gasteiger partial charge is 0.191 e. The van der Waals surface area contributed by atoms with Crippen molar-refractivity contribution < 1.29 is 4.74 Å². The Morgan fingerprint density at radius 1 is 1.18 bits per heavy atom. The summed E-state index contributed by atoms with van der Waals surface area (Å²) in [5.41, 5.74) is 0. The minimum absolute atomic E-state index is 0.400. The topological polar surface area (TPSA) is 48.9 Å². The van der Waals surface area contributed by atoms with Crippen molar-refractivity contribution in [2.24, 2.45) is 4.99 Å². The summed E-state index contributed by atoms with van der Waals surface area (Å²) in [7, 11) is 0. The van der Waals surface area contributed by atoms with Gasteiger partial charge in [-0.1, -0.05) is 13.8 Å². The number of unbranched alkanes of at least 4 members (excludes halogenated alkanes) is 1. The molecule has 2 heterocycles. The molecule has 2 rings (SSSR count). The lowest BCUT2D eigenvalue weighted by Crippen LogP contribution is -2.47. The van der Waals surface area contributed by atoms with E-state index in [4.69, 9.17) is 9.73 Å². The summed E-state index contributed by atoms with van der Waals surface area (Å²) in [5, 5.41) is 6.94. The third-order valence-corrected chi connectivity index (χ3v) is 4.82. The predicted molar refractivity (Wildman–Crippen MR) is 92.4 cm³/mol. The molecule has 5 nitrogen and oxygen atoms in total. The standard InChI is InChI=1S/C17H34N4O/c1-4-18-17(19-11-7-8-12-21(5-2)6-3)20-15-13-14-9-10-16(15)22-14/h14-16H,4-13H2,1-3H3,(H2,18,19,20). The lowest BCUT2D eigenvalue weighted by Gasteiger charge is -2.22. The Hall–Kier alpha value is -0.810. The van der Waals surface area contributed by atoms with Crippen molar-refractivity contribution >= 4 is 5.96 Å². The van der Waals surface area contributed by atoms with Crippen LogP contribution in [0.25, 0.3) is 0 Å². The number of ether oxygens (including phenoxy) is 1. The number of hydrogen-bond donors (Lipinski definition) is 2. The van der Waals surface area contributed by atoms with E-state index in [9.17, 15) is 0 Å². The molecule has 0 aromatic carbocycles. The Kier molecular flexibility index (Phi) is 7.46. The molecule has 0 aliphatic carbocycles. The molecular weight excluding hydrogens is 276 g/mol. The molecule has 2 fully saturated rings. The Labute approximate surface area is 135 Å². The number of fused-ring (bicyclic) bond motifs is 2. The van der Waals surface area contributed by atoms with E-state index in [1.165, 1.54) is 25.8 Å². The fourth-order valence-corrected chi connectivity index (χ4v) is 3.46. The van der Waals surface area contributed by atoms with Gasteiger partial charge in [0.2, 0.25) is 0 Å². The van der Waals surface area contributed by atoms with Gasteiger partial charge in [-0.15, -0.1) is 0 Å². The molecule has 0 radical (unpaired) electrons. The maximum absolute atomic E-state index is 5.91. The van der Waals surface area contributed by atoms with Crippen molar-refractivity contribution in [3.63, 3.8) is 0 Å². The molecule has 2 aliphatic rings. The Morgan fingerprint density at radius 3 is 2.59 bits per heavy atom. The van der Waals surface area contributed by atoms with Gasteiger partial charge in [0.15, 0.2) is 5.96 Å². The van der Waals surface area contributed by atoms with Gasteiger partial charge in [0.1, 0.15) is 0 Å². The second kappa shape index (κ2) is 9.36. The van der Waals surface area contributed by atoms with Crippen LogP contribution in [0.2, 0.25) is 0 Å². The second-order valence-electron chi connectivity index (χ2n) is 6.36. The van der Waals surface area contributed by atoms with E-state index >= 15 is 0 Å². The first-order valence-electron chi connectivity index (χ1n) is 9.19. The number of aliphatic imine (C=N–C) groups is 1. The van der Waals surface area contributed by atoms with E-state index in [1.54, 1.807) is 0 Å². The zero-order valence-electron chi connectivity index (χ0n) is 14.6. The number of guanidine groups is 1. The lowest BCUT2D eigenvalue weighted by atomic mass is 9.96. The molecule has 2 bridgehead atoms. The van der Waals surface area contributed by atoms with Crippen LogP contribution in [-0.4, -0.2) is 61.8 Å². The molecule has 2 saturated heterocycles. The summed E-state index contributed by atoms with van der Waals surface area (Å²) in [6.07, 6.45) is 6.84. The minimum Gasteiger partial charge on any atom is -0.373 e. The highest BCUT2D eigenvalue weighted by Gasteiger charge is 2.41. The third kappa shape index (κ3) is 5.13. The number of nitrogens with one attached hydrogen (secondary N) is 2. The first kappa shape index (κ1) is 17.5. The third-order valence-electron chi connectivity index (χ3n) is 4.82. The molecule has 0 spiro atoms. The molecule has 3 unspecified atom stereocenters. The molecule has 0 amide bonds. The van der Waals surface area contributed by atoms with Gasteiger partial charge < -0.3 is 20.3 Å². The first-order chi connectivity index (χ1) is 10.8. The maximum atomic E-state index is 5.91. The monoisotopic (exact) mass is 310 g/mol. The molecule has 3 atom stereocenters. The highest BCUT2D eigenvalue weighted by molar-refractivity contribution is 5.80. The van der Waals surface area contributed by atoms with Gasteiger partial charge in [0, 0.05) is 13.1 Å². The average Bonchev–Trinajstić information content (AvgIpc) is 3.13. The Bertz CT molecular complexity index is 344. The summed E-state index contributed by atoms with van der Waals surface area (Å²) in [6, 6.07) is 0.451. The number of nitrogens with zero attached hydrogens (tertiary/aromatic N) is 2. The Balaban J connectivity index is 1.68. The fourth-order valence-electron chi connectivity index (χ4n) is 3.46. The van der Waals surface area contributed by atoms with E-state index in [2.05, 4.69) is 36.3 Å². The molecule has 5 heteroatoms. The Morgan fingerprint density at radius 2 is 2.00 bits per heavy atom. The van der Waals surface area contributed by atoms with Crippen LogP contribution in [0.15, 0.2) is 4.99 Å². The van der Waals surface area contributed by atoms with Crippen LogP contribution < -0.4 is 10.6 Å². The van der Waals surface area contributed by atoms with Gasteiger partial charge in [-0.2, -0.15) is 0 Å². The van der Waals surface area contributed by atoms with Crippen LogP contribution in [0, 0.1) is 0 Å². The van der Waals surface area contributed by atoms with E-state index < -0.39 is 0 Å². The summed E-state index contributed by atoms with van der Waals surface area (Å²) in [5.74, 6) is 0.964. The van der Waals surface area contributed by atoms with E-state index in [-0.39, 0.29) is 0 Å². The molecule has 0 aromatic rings. The van der Waals surface area contributed by atoms with Gasteiger partial charge in [-0.05, 0) is 58.7 Å². The molecule has 0 saturated carbocycles. The van der Waals surface area contributed by atoms with E-state index in [0.717, 1.165) is 45.0 Å². The molecule has 22 heavy (non-hydrogen) atoms. The SMILES string of the molecule is CCNC(=NCCCCN(CC)CC)NC1CC2CCC1O2. The molecule has 0 aromatic heterocycles. The van der Waals surface area contributed by atoms with Gasteiger partial charge in [0.25, 0.3) is 0 Å². The zero-order chi connectivity index (χ0) is 15.8. The van der Waals surface area contributed by atoms with Gasteiger partial charge in [-0.3, -0.25) is 4.99 Å². The summed E-state index contributed by atoms with van der Waals surface area (Å²) in [6.45, 7) is 11.9. The molecule has 2 aliphatic heterocycles. The van der Waals surface area contributed by atoms with Crippen molar-refractivity contribution in [1.29, 1.82) is 0 Å². The van der Waals surface area contributed by atoms with Gasteiger partial charge in [-0.25, -0.2) is 0 Å². The maximum Gasteiger partial charge on any atom is 0.191 e. The van der Waals surface area contributed by atoms with Crippen LogP contribution >= 0.6 is 0 Å². The summed E-state index contributed by atoms with van der Waals surface area (Å²) >= 11 is 0. The summed E-state index contributed by atoms with van der Waals surface area (Å²) < 4.78 is 5.91. The van der Waals surface area contributed by atoms with Gasteiger partial charge in [0.05, 0.1) is 18.2 Å². The highest BCUT2D eigenvalue weighted by atomic mass is 16.5. The molecule has 2 N–H and O–H groups in total.